The van der Waals surface area contributed by atoms with E-state index in [0.717, 1.165) is 4.31 Å². The van der Waals surface area contributed by atoms with Crippen LogP contribution in [0.1, 0.15) is 18.1 Å². The van der Waals surface area contributed by atoms with Gasteiger partial charge in [-0.3, -0.25) is 0 Å². The van der Waals surface area contributed by atoms with Crippen LogP contribution in [0, 0.1) is 5.82 Å². The first-order valence-electron chi connectivity index (χ1n) is 8.22. The van der Waals surface area contributed by atoms with Crippen molar-refractivity contribution in [2.45, 2.75) is 20.0 Å². The summed E-state index contributed by atoms with van der Waals surface area (Å²) >= 11 is 5.96. The first kappa shape index (κ1) is 21.4. The Morgan fingerprint density at radius 3 is 2.59 bits per heavy atom. The Bertz CT molecular complexity index is 873. The van der Waals surface area contributed by atoms with Gasteiger partial charge in [0.05, 0.1) is 13.7 Å². The van der Waals surface area contributed by atoms with Crippen molar-refractivity contribution in [3.8, 4) is 11.5 Å². The third-order valence-electron chi connectivity index (χ3n) is 3.84. The van der Waals surface area contributed by atoms with Gasteiger partial charge < -0.3 is 9.47 Å². The van der Waals surface area contributed by atoms with Gasteiger partial charge in [-0.25, -0.2) is 4.39 Å². The van der Waals surface area contributed by atoms with E-state index in [4.69, 9.17) is 21.1 Å². The highest BCUT2D eigenvalue weighted by atomic mass is 35.5. The van der Waals surface area contributed by atoms with Crippen LogP contribution >= 0.6 is 11.6 Å². The predicted molar refractivity (Wildman–Crippen MR) is 103 cm³/mol. The van der Waals surface area contributed by atoms with Crippen molar-refractivity contribution in [3.63, 3.8) is 0 Å². The van der Waals surface area contributed by atoms with E-state index in [1.54, 1.807) is 18.2 Å². The molecule has 6 nitrogen and oxygen atoms in total. The van der Waals surface area contributed by atoms with E-state index in [0.29, 0.717) is 23.7 Å². The Balaban J connectivity index is 2.08. The first-order valence-corrected chi connectivity index (χ1v) is 10.0. The molecule has 0 radical (unpaired) electrons. The van der Waals surface area contributed by atoms with E-state index in [2.05, 4.69) is 4.72 Å². The standard InChI is InChI=1S/C18H22ClFN2O4S/c1-4-26-17-9-8-13(10-18(17)25-3)11-21-27(23,24)22(2)12-14-15(19)6-5-7-16(14)20/h5-10,21H,4,11-12H2,1-3H3. The molecule has 0 aromatic heterocycles. The van der Waals surface area contributed by atoms with Crippen LogP contribution in [0.5, 0.6) is 11.5 Å². The fourth-order valence-corrected chi connectivity index (χ4v) is 3.46. The number of halogens is 2. The molecular weight excluding hydrogens is 395 g/mol. The molecule has 0 aliphatic heterocycles. The van der Waals surface area contributed by atoms with E-state index in [1.165, 1.54) is 32.4 Å². The highest BCUT2D eigenvalue weighted by molar-refractivity contribution is 7.87. The molecule has 27 heavy (non-hydrogen) atoms. The van der Waals surface area contributed by atoms with Crippen LogP contribution in [0.15, 0.2) is 36.4 Å². The van der Waals surface area contributed by atoms with Crippen LogP contribution in [0.25, 0.3) is 0 Å². The molecule has 0 atom stereocenters. The monoisotopic (exact) mass is 416 g/mol. The van der Waals surface area contributed by atoms with Crippen molar-refractivity contribution in [1.29, 1.82) is 0 Å². The second kappa shape index (κ2) is 9.36. The minimum absolute atomic E-state index is 0.0421. The van der Waals surface area contributed by atoms with E-state index in [-0.39, 0.29) is 23.7 Å². The second-order valence-corrected chi connectivity index (χ2v) is 7.97. The van der Waals surface area contributed by atoms with Crippen LogP contribution in [-0.4, -0.2) is 33.5 Å². The number of nitrogens with zero attached hydrogens (tertiary/aromatic N) is 1. The Kier molecular flexibility index (Phi) is 7.43. The van der Waals surface area contributed by atoms with Crippen LogP contribution in [0.2, 0.25) is 5.02 Å². The average Bonchev–Trinajstić information content (AvgIpc) is 2.64. The highest BCUT2D eigenvalue weighted by Crippen LogP contribution is 2.28. The Morgan fingerprint density at radius 1 is 1.22 bits per heavy atom. The van der Waals surface area contributed by atoms with Crippen molar-refractivity contribution in [3.05, 3.63) is 58.4 Å². The smallest absolute Gasteiger partial charge is 0.279 e. The molecule has 2 rings (SSSR count). The molecule has 0 saturated carbocycles. The van der Waals surface area contributed by atoms with Gasteiger partial charge in [0.15, 0.2) is 11.5 Å². The van der Waals surface area contributed by atoms with E-state index in [9.17, 15) is 12.8 Å². The van der Waals surface area contributed by atoms with Gasteiger partial charge in [0.25, 0.3) is 10.2 Å². The van der Waals surface area contributed by atoms with Crippen LogP contribution in [-0.2, 0) is 23.3 Å². The minimum Gasteiger partial charge on any atom is -0.493 e. The third-order valence-corrected chi connectivity index (χ3v) is 5.65. The molecule has 0 heterocycles. The van der Waals surface area contributed by atoms with Gasteiger partial charge in [-0.2, -0.15) is 17.4 Å². The molecule has 2 aromatic rings. The fraction of sp³-hybridized carbons (Fsp3) is 0.333. The van der Waals surface area contributed by atoms with E-state index in [1.807, 2.05) is 6.92 Å². The van der Waals surface area contributed by atoms with E-state index < -0.39 is 16.0 Å². The molecule has 148 valence electrons. The summed E-state index contributed by atoms with van der Waals surface area (Å²) in [4.78, 5) is 0. The Labute approximate surface area is 164 Å². The largest absolute Gasteiger partial charge is 0.493 e. The topological polar surface area (TPSA) is 67.9 Å². The summed E-state index contributed by atoms with van der Waals surface area (Å²) < 4.78 is 52.9. The average molecular weight is 417 g/mol. The molecule has 0 saturated heterocycles. The lowest BCUT2D eigenvalue weighted by atomic mass is 10.2. The number of hydrogen-bond donors (Lipinski definition) is 1. The fourth-order valence-electron chi connectivity index (χ4n) is 2.37. The van der Waals surface area contributed by atoms with Crippen LogP contribution < -0.4 is 14.2 Å². The second-order valence-electron chi connectivity index (χ2n) is 5.70. The predicted octanol–water partition coefficient (Wildman–Crippen LogP) is 3.35. The molecule has 0 fully saturated rings. The Hall–Kier alpha value is -1.87. The van der Waals surface area contributed by atoms with Crippen molar-refractivity contribution in [2.24, 2.45) is 0 Å². The van der Waals surface area contributed by atoms with Crippen molar-refractivity contribution < 1.29 is 22.3 Å². The molecule has 1 N–H and O–H groups in total. The number of methoxy groups -OCH3 is 1. The van der Waals surface area contributed by atoms with Gasteiger partial charge in [-0.1, -0.05) is 23.7 Å². The molecule has 0 aliphatic carbocycles. The van der Waals surface area contributed by atoms with E-state index >= 15 is 0 Å². The SMILES string of the molecule is CCOc1ccc(CNS(=O)(=O)N(C)Cc2c(F)cccc2Cl)cc1OC. The first-order chi connectivity index (χ1) is 12.8. The quantitative estimate of drug-likeness (QED) is 0.680. The van der Waals surface area contributed by atoms with Gasteiger partial charge in [0.1, 0.15) is 5.82 Å². The summed E-state index contributed by atoms with van der Waals surface area (Å²) in [7, 11) is -0.981. The lowest BCUT2D eigenvalue weighted by Crippen LogP contribution is -2.37. The summed E-state index contributed by atoms with van der Waals surface area (Å²) in [6.07, 6.45) is 0. The van der Waals surface area contributed by atoms with Crippen molar-refractivity contribution in [1.82, 2.24) is 9.03 Å². The molecule has 0 spiro atoms. The van der Waals surface area contributed by atoms with Gasteiger partial charge >= 0.3 is 0 Å². The molecule has 2 aromatic carbocycles. The van der Waals surface area contributed by atoms with Crippen LogP contribution in [0.3, 0.4) is 0 Å². The molecule has 9 heteroatoms. The number of rotatable bonds is 9. The molecule has 0 bridgehead atoms. The van der Waals surface area contributed by atoms with Gasteiger partial charge in [-0.05, 0) is 36.8 Å². The lowest BCUT2D eigenvalue weighted by molar-refractivity contribution is 0.310. The maximum atomic E-state index is 13.9. The third kappa shape index (κ3) is 5.55. The summed E-state index contributed by atoms with van der Waals surface area (Å²) in [5.41, 5.74) is 0.811. The number of hydrogen-bond acceptors (Lipinski definition) is 4. The Morgan fingerprint density at radius 2 is 1.96 bits per heavy atom. The molecule has 0 aliphatic rings. The highest BCUT2D eigenvalue weighted by Gasteiger charge is 2.20. The lowest BCUT2D eigenvalue weighted by Gasteiger charge is -2.19. The zero-order chi connectivity index (χ0) is 20.0. The summed E-state index contributed by atoms with van der Waals surface area (Å²) in [5.74, 6) is 0.541. The maximum Gasteiger partial charge on any atom is 0.279 e. The minimum atomic E-state index is -3.84. The van der Waals surface area contributed by atoms with Crippen molar-refractivity contribution >= 4 is 21.8 Å². The van der Waals surface area contributed by atoms with Crippen molar-refractivity contribution in [2.75, 3.05) is 20.8 Å². The number of nitrogens with one attached hydrogen (secondary N) is 1. The zero-order valence-electron chi connectivity index (χ0n) is 15.3. The maximum absolute atomic E-state index is 13.9. The summed E-state index contributed by atoms with van der Waals surface area (Å²) in [5, 5.41) is 0.174. The molecular formula is C18H22ClFN2O4S. The van der Waals surface area contributed by atoms with Gasteiger partial charge in [0.2, 0.25) is 0 Å². The summed E-state index contributed by atoms with van der Waals surface area (Å²) in [6, 6.07) is 9.37. The van der Waals surface area contributed by atoms with Crippen LogP contribution in [0.4, 0.5) is 4.39 Å². The number of benzene rings is 2. The molecule has 0 unspecified atom stereocenters. The summed E-state index contributed by atoms with van der Waals surface area (Å²) in [6.45, 7) is 2.21. The zero-order valence-corrected chi connectivity index (χ0v) is 16.9. The van der Waals surface area contributed by atoms with Gasteiger partial charge in [0, 0.05) is 30.7 Å². The molecule has 0 amide bonds. The normalized spacial score (nSPS) is 11.6. The van der Waals surface area contributed by atoms with Gasteiger partial charge in [-0.15, -0.1) is 0 Å². The number of ether oxygens (including phenoxy) is 2.